The topological polar surface area (TPSA) is 22.0 Å². The molecular weight excluding hydrogens is 240 g/mol. The van der Waals surface area contributed by atoms with Gasteiger partial charge in [0.05, 0.1) is 5.56 Å². The number of halogens is 6. The highest BCUT2D eigenvalue weighted by Gasteiger charge is 2.39. The zero-order valence-electron chi connectivity index (χ0n) is 7.78. The van der Waals surface area contributed by atoms with E-state index in [0.717, 1.165) is 7.05 Å². The molecule has 0 saturated carbocycles. The van der Waals surface area contributed by atoms with Crippen LogP contribution in [-0.4, -0.2) is 4.57 Å². The summed E-state index contributed by atoms with van der Waals surface area (Å²) >= 11 is 0. The molecule has 0 aliphatic carbocycles. The summed E-state index contributed by atoms with van der Waals surface area (Å²) in [6.07, 6.45) is -9.71. The first kappa shape index (κ1) is 12.6. The van der Waals surface area contributed by atoms with Gasteiger partial charge in [-0.3, -0.25) is 4.79 Å². The Morgan fingerprint density at radius 3 is 1.94 bits per heavy atom. The highest BCUT2D eigenvalue weighted by atomic mass is 19.4. The maximum Gasteiger partial charge on any atom is 0.421 e. The molecule has 0 radical (unpaired) electrons. The second-order valence-electron chi connectivity index (χ2n) is 3.05. The molecule has 90 valence electrons. The van der Waals surface area contributed by atoms with E-state index >= 15 is 0 Å². The standard InChI is InChI=1S/C8H5F6NO/c1-15-3-4(7(9,10)11)2-5(6(15)16)8(12,13)14/h2-3H,1H3. The van der Waals surface area contributed by atoms with Gasteiger partial charge in [-0.05, 0) is 6.07 Å². The molecule has 0 aliphatic rings. The first-order valence-corrected chi connectivity index (χ1v) is 3.88. The number of aryl methyl sites for hydroxylation is 1. The summed E-state index contributed by atoms with van der Waals surface area (Å²) < 4.78 is 73.5. The molecular formula is C8H5F6NO. The van der Waals surface area contributed by atoms with E-state index in [2.05, 4.69) is 0 Å². The van der Waals surface area contributed by atoms with Crippen LogP contribution in [0.2, 0.25) is 0 Å². The molecule has 1 heterocycles. The Morgan fingerprint density at radius 1 is 1.06 bits per heavy atom. The number of hydrogen-bond acceptors (Lipinski definition) is 1. The summed E-state index contributed by atoms with van der Waals surface area (Å²) in [5.74, 6) is 0. The fraction of sp³-hybridized carbons (Fsp3) is 0.375. The third kappa shape index (κ3) is 2.37. The highest BCUT2D eigenvalue weighted by molar-refractivity contribution is 5.23. The van der Waals surface area contributed by atoms with Crippen molar-refractivity contribution in [2.75, 3.05) is 0 Å². The van der Waals surface area contributed by atoms with Gasteiger partial charge < -0.3 is 4.57 Å². The van der Waals surface area contributed by atoms with Gasteiger partial charge in [-0.2, -0.15) is 26.3 Å². The first-order chi connectivity index (χ1) is 7.03. The van der Waals surface area contributed by atoms with Crippen LogP contribution in [0.1, 0.15) is 11.1 Å². The van der Waals surface area contributed by atoms with Crippen molar-refractivity contribution < 1.29 is 26.3 Å². The molecule has 0 bridgehead atoms. The second kappa shape index (κ2) is 3.53. The number of pyridine rings is 1. The Labute approximate surface area is 85.1 Å². The van der Waals surface area contributed by atoms with Crippen LogP contribution in [0.3, 0.4) is 0 Å². The van der Waals surface area contributed by atoms with E-state index in [1.807, 2.05) is 0 Å². The third-order valence-electron chi connectivity index (χ3n) is 1.82. The normalized spacial score (nSPS) is 12.9. The van der Waals surface area contributed by atoms with E-state index in [0.29, 0.717) is 6.20 Å². The molecule has 0 saturated heterocycles. The summed E-state index contributed by atoms with van der Waals surface area (Å²) in [5.41, 5.74) is -4.85. The SMILES string of the molecule is Cn1cc(C(F)(F)F)cc(C(F)(F)F)c1=O. The smallest absolute Gasteiger partial charge is 0.317 e. The Morgan fingerprint density at radius 2 is 1.56 bits per heavy atom. The molecule has 1 rings (SSSR count). The van der Waals surface area contributed by atoms with Crippen molar-refractivity contribution in [2.24, 2.45) is 7.05 Å². The van der Waals surface area contributed by atoms with Gasteiger partial charge in [0.15, 0.2) is 0 Å². The number of alkyl halides is 6. The monoisotopic (exact) mass is 245 g/mol. The fourth-order valence-corrected chi connectivity index (χ4v) is 1.07. The van der Waals surface area contributed by atoms with Crippen molar-refractivity contribution in [2.45, 2.75) is 12.4 Å². The van der Waals surface area contributed by atoms with Gasteiger partial charge in [-0.25, -0.2) is 0 Å². The summed E-state index contributed by atoms with van der Waals surface area (Å²) in [4.78, 5) is 11.0. The van der Waals surface area contributed by atoms with Crippen LogP contribution in [0.25, 0.3) is 0 Å². The van der Waals surface area contributed by atoms with Crippen LogP contribution >= 0.6 is 0 Å². The molecule has 8 heteroatoms. The van der Waals surface area contributed by atoms with Gasteiger partial charge in [0, 0.05) is 13.2 Å². The lowest BCUT2D eigenvalue weighted by Crippen LogP contribution is -2.28. The highest BCUT2D eigenvalue weighted by Crippen LogP contribution is 2.33. The molecule has 1 aromatic rings. The quantitative estimate of drug-likeness (QED) is 0.643. The van der Waals surface area contributed by atoms with Crippen LogP contribution in [0.4, 0.5) is 26.3 Å². The summed E-state index contributed by atoms with van der Waals surface area (Å²) in [6.45, 7) is 0. The van der Waals surface area contributed by atoms with Gasteiger partial charge in [0.2, 0.25) is 0 Å². The maximum absolute atomic E-state index is 12.2. The van der Waals surface area contributed by atoms with E-state index in [4.69, 9.17) is 0 Å². The summed E-state index contributed by atoms with van der Waals surface area (Å²) in [5, 5.41) is 0. The fourth-order valence-electron chi connectivity index (χ4n) is 1.07. The van der Waals surface area contributed by atoms with E-state index in [-0.39, 0.29) is 10.6 Å². The van der Waals surface area contributed by atoms with Gasteiger partial charge in [-0.15, -0.1) is 0 Å². The van der Waals surface area contributed by atoms with Crippen molar-refractivity contribution in [3.63, 3.8) is 0 Å². The predicted molar refractivity (Wildman–Crippen MR) is 41.7 cm³/mol. The number of hydrogen-bond donors (Lipinski definition) is 0. The predicted octanol–water partition coefficient (Wildman–Crippen LogP) is 2.42. The van der Waals surface area contributed by atoms with Gasteiger partial charge in [-0.1, -0.05) is 0 Å². The van der Waals surface area contributed by atoms with E-state index in [1.54, 1.807) is 0 Å². The molecule has 2 nitrogen and oxygen atoms in total. The van der Waals surface area contributed by atoms with Crippen LogP contribution < -0.4 is 5.56 Å². The molecule has 0 spiro atoms. The summed E-state index contributed by atoms with van der Waals surface area (Å²) in [7, 11) is 0.826. The minimum Gasteiger partial charge on any atom is -0.317 e. The van der Waals surface area contributed by atoms with Crippen molar-refractivity contribution in [1.82, 2.24) is 4.57 Å². The maximum atomic E-state index is 12.2. The largest absolute Gasteiger partial charge is 0.421 e. The Balaban J connectivity index is 3.53. The number of aromatic nitrogens is 1. The molecule has 0 atom stereocenters. The van der Waals surface area contributed by atoms with E-state index in [1.165, 1.54) is 0 Å². The zero-order chi connectivity index (χ0) is 12.7. The molecule has 0 fully saturated rings. The Hall–Kier alpha value is -1.47. The lowest BCUT2D eigenvalue weighted by molar-refractivity contribution is -0.144. The molecule has 1 aromatic heterocycles. The van der Waals surface area contributed by atoms with Crippen LogP contribution in [0.5, 0.6) is 0 Å². The minimum absolute atomic E-state index is 0.192. The minimum atomic E-state index is -5.10. The van der Waals surface area contributed by atoms with Crippen molar-refractivity contribution in [3.8, 4) is 0 Å². The van der Waals surface area contributed by atoms with Crippen LogP contribution in [-0.2, 0) is 19.4 Å². The average molecular weight is 245 g/mol. The average Bonchev–Trinajstić information content (AvgIpc) is 2.05. The van der Waals surface area contributed by atoms with Crippen molar-refractivity contribution >= 4 is 0 Å². The van der Waals surface area contributed by atoms with Crippen molar-refractivity contribution in [1.29, 1.82) is 0 Å². The van der Waals surface area contributed by atoms with E-state index in [9.17, 15) is 31.1 Å². The van der Waals surface area contributed by atoms with Gasteiger partial charge in [0.1, 0.15) is 5.56 Å². The summed E-state index contributed by atoms with van der Waals surface area (Å²) in [6, 6.07) is -0.192. The second-order valence-corrected chi connectivity index (χ2v) is 3.05. The lowest BCUT2D eigenvalue weighted by Gasteiger charge is -2.12. The first-order valence-electron chi connectivity index (χ1n) is 3.88. The molecule has 0 aromatic carbocycles. The number of rotatable bonds is 0. The molecule has 0 aliphatic heterocycles. The zero-order valence-corrected chi connectivity index (χ0v) is 7.78. The Bertz CT molecular complexity index is 455. The van der Waals surface area contributed by atoms with Crippen LogP contribution in [0.15, 0.2) is 17.1 Å². The van der Waals surface area contributed by atoms with Crippen LogP contribution in [0, 0.1) is 0 Å². The molecule has 16 heavy (non-hydrogen) atoms. The third-order valence-corrected chi connectivity index (χ3v) is 1.82. The van der Waals surface area contributed by atoms with Gasteiger partial charge >= 0.3 is 12.4 Å². The lowest BCUT2D eigenvalue weighted by atomic mass is 10.2. The van der Waals surface area contributed by atoms with E-state index < -0.39 is 29.0 Å². The Kier molecular flexibility index (Phi) is 2.78. The molecule has 0 unspecified atom stereocenters. The van der Waals surface area contributed by atoms with Crippen molar-refractivity contribution in [3.05, 3.63) is 33.7 Å². The molecule has 0 N–H and O–H groups in total. The number of nitrogens with zero attached hydrogens (tertiary/aromatic N) is 1. The van der Waals surface area contributed by atoms with Gasteiger partial charge in [0.25, 0.3) is 5.56 Å². The molecule has 0 amide bonds.